The Morgan fingerprint density at radius 3 is 2.83 bits per heavy atom. The number of hydrogen-bond acceptors (Lipinski definition) is 2. The highest BCUT2D eigenvalue weighted by Crippen LogP contribution is 2.22. The third-order valence-electron chi connectivity index (χ3n) is 3.56. The molecule has 1 aliphatic rings. The minimum Gasteiger partial charge on any atom is -0.396 e. The Hall–Kier alpha value is -1.35. The average Bonchev–Trinajstić information content (AvgIpc) is 2.85. The number of aliphatic hydroxyl groups excluding tert-OH is 1. The van der Waals surface area contributed by atoms with Gasteiger partial charge in [-0.2, -0.15) is 0 Å². The molecule has 1 atom stereocenters. The predicted molar refractivity (Wildman–Crippen MR) is 71.2 cm³/mol. The molecule has 1 saturated heterocycles. The summed E-state index contributed by atoms with van der Waals surface area (Å²) in [5, 5.41) is 8.79. The van der Waals surface area contributed by atoms with Crippen LogP contribution in [0.3, 0.4) is 0 Å². The number of likely N-dealkylation sites (tertiary alicyclic amines) is 1. The standard InChI is InChI=1S/C15H21NO2/c17-11-5-9-15(18)16-10-4-8-14(16)12-13-6-2-1-3-7-13/h1-3,6-7,14,17H,4-5,8-12H2. The first-order chi connectivity index (χ1) is 8.81. The zero-order valence-electron chi connectivity index (χ0n) is 10.7. The fourth-order valence-corrected chi connectivity index (χ4v) is 2.64. The molecule has 1 aromatic rings. The minimum atomic E-state index is 0.100. The van der Waals surface area contributed by atoms with Crippen molar-refractivity contribution in [3.8, 4) is 0 Å². The van der Waals surface area contributed by atoms with Crippen molar-refractivity contribution >= 4 is 5.91 Å². The van der Waals surface area contributed by atoms with Crippen LogP contribution in [0.25, 0.3) is 0 Å². The number of carbonyl (C=O) groups excluding carboxylic acids is 1. The Morgan fingerprint density at radius 1 is 1.33 bits per heavy atom. The predicted octanol–water partition coefficient (Wildman–Crippen LogP) is 1.99. The van der Waals surface area contributed by atoms with Crippen molar-refractivity contribution in [3.63, 3.8) is 0 Å². The molecule has 0 saturated carbocycles. The fraction of sp³-hybridized carbons (Fsp3) is 0.533. The van der Waals surface area contributed by atoms with Gasteiger partial charge >= 0.3 is 0 Å². The fourth-order valence-electron chi connectivity index (χ4n) is 2.64. The molecule has 3 nitrogen and oxygen atoms in total. The van der Waals surface area contributed by atoms with E-state index in [0.29, 0.717) is 18.9 Å². The van der Waals surface area contributed by atoms with E-state index in [0.717, 1.165) is 25.8 Å². The molecule has 98 valence electrons. The number of benzene rings is 1. The Kier molecular flexibility index (Phi) is 4.76. The van der Waals surface area contributed by atoms with E-state index in [1.165, 1.54) is 5.56 Å². The SMILES string of the molecule is O=C(CCCO)N1CCCC1Cc1ccccc1. The number of amides is 1. The number of hydrogen-bond donors (Lipinski definition) is 1. The second-order valence-electron chi connectivity index (χ2n) is 4.90. The van der Waals surface area contributed by atoms with Gasteiger partial charge in [0.15, 0.2) is 0 Å². The molecular formula is C15H21NO2. The molecule has 1 amide bonds. The van der Waals surface area contributed by atoms with Gasteiger partial charge in [0, 0.05) is 25.6 Å². The van der Waals surface area contributed by atoms with Crippen LogP contribution in [0.4, 0.5) is 0 Å². The van der Waals surface area contributed by atoms with Gasteiger partial charge in [0.05, 0.1) is 0 Å². The lowest BCUT2D eigenvalue weighted by molar-refractivity contribution is -0.132. The summed E-state index contributed by atoms with van der Waals surface area (Å²) in [6.45, 7) is 0.977. The van der Waals surface area contributed by atoms with E-state index >= 15 is 0 Å². The maximum absolute atomic E-state index is 12.0. The van der Waals surface area contributed by atoms with Crippen molar-refractivity contribution in [2.24, 2.45) is 0 Å². The van der Waals surface area contributed by atoms with Gasteiger partial charge in [-0.05, 0) is 31.2 Å². The zero-order chi connectivity index (χ0) is 12.8. The Morgan fingerprint density at radius 2 is 2.11 bits per heavy atom. The lowest BCUT2D eigenvalue weighted by atomic mass is 10.0. The summed E-state index contributed by atoms with van der Waals surface area (Å²) in [5.74, 6) is 0.197. The molecule has 1 aromatic carbocycles. The Balaban J connectivity index is 1.93. The van der Waals surface area contributed by atoms with Crippen LogP contribution in [0.5, 0.6) is 0 Å². The maximum atomic E-state index is 12.0. The quantitative estimate of drug-likeness (QED) is 0.864. The summed E-state index contributed by atoms with van der Waals surface area (Å²) < 4.78 is 0. The molecule has 1 fully saturated rings. The van der Waals surface area contributed by atoms with Crippen LogP contribution in [-0.2, 0) is 11.2 Å². The summed E-state index contributed by atoms with van der Waals surface area (Å²) in [5.41, 5.74) is 1.30. The molecule has 0 spiro atoms. The van der Waals surface area contributed by atoms with Gasteiger partial charge in [-0.25, -0.2) is 0 Å². The molecule has 3 heteroatoms. The molecule has 1 unspecified atom stereocenters. The second-order valence-corrected chi connectivity index (χ2v) is 4.90. The van der Waals surface area contributed by atoms with E-state index in [9.17, 15) is 4.79 Å². The molecule has 0 aliphatic carbocycles. The lowest BCUT2D eigenvalue weighted by Crippen LogP contribution is -2.36. The van der Waals surface area contributed by atoms with E-state index in [1.807, 2.05) is 23.1 Å². The Bertz CT molecular complexity index is 377. The van der Waals surface area contributed by atoms with Gasteiger partial charge in [-0.3, -0.25) is 4.79 Å². The monoisotopic (exact) mass is 247 g/mol. The zero-order valence-corrected chi connectivity index (χ0v) is 10.7. The van der Waals surface area contributed by atoms with Gasteiger partial charge in [0.25, 0.3) is 0 Å². The van der Waals surface area contributed by atoms with Crippen molar-refractivity contribution in [1.29, 1.82) is 0 Å². The van der Waals surface area contributed by atoms with Crippen molar-refractivity contribution in [2.75, 3.05) is 13.2 Å². The molecule has 18 heavy (non-hydrogen) atoms. The summed E-state index contributed by atoms with van der Waals surface area (Å²) in [6.07, 6.45) is 4.20. The van der Waals surface area contributed by atoms with E-state index in [2.05, 4.69) is 12.1 Å². The molecule has 1 N–H and O–H groups in total. The second kappa shape index (κ2) is 6.55. The van der Waals surface area contributed by atoms with E-state index < -0.39 is 0 Å². The van der Waals surface area contributed by atoms with E-state index in [4.69, 9.17) is 5.11 Å². The highest BCUT2D eigenvalue weighted by atomic mass is 16.3. The number of nitrogens with zero attached hydrogens (tertiary/aromatic N) is 1. The molecule has 0 bridgehead atoms. The van der Waals surface area contributed by atoms with E-state index in [-0.39, 0.29) is 12.5 Å². The third-order valence-corrected chi connectivity index (χ3v) is 3.56. The first-order valence-corrected chi connectivity index (χ1v) is 6.75. The van der Waals surface area contributed by atoms with Gasteiger partial charge in [0.2, 0.25) is 5.91 Å². The number of carbonyl (C=O) groups is 1. The van der Waals surface area contributed by atoms with Crippen LogP contribution in [0.2, 0.25) is 0 Å². The molecular weight excluding hydrogens is 226 g/mol. The minimum absolute atomic E-state index is 0.100. The van der Waals surface area contributed by atoms with Crippen molar-refractivity contribution in [2.45, 2.75) is 38.1 Å². The van der Waals surface area contributed by atoms with Gasteiger partial charge < -0.3 is 10.0 Å². The number of rotatable bonds is 5. The molecule has 0 aromatic heterocycles. The summed E-state index contributed by atoms with van der Waals surface area (Å²) in [7, 11) is 0. The highest BCUT2D eigenvalue weighted by Gasteiger charge is 2.27. The summed E-state index contributed by atoms with van der Waals surface area (Å²) in [6, 6.07) is 10.7. The van der Waals surface area contributed by atoms with Crippen LogP contribution in [0, 0.1) is 0 Å². The van der Waals surface area contributed by atoms with Crippen molar-refractivity contribution < 1.29 is 9.90 Å². The van der Waals surface area contributed by atoms with Crippen LogP contribution in [0.1, 0.15) is 31.2 Å². The van der Waals surface area contributed by atoms with E-state index in [1.54, 1.807) is 0 Å². The summed E-state index contributed by atoms with van der Waals surface area (Å²) >= 11 is 0. The molecule has 0 radical (unpaired) electrons. The largest absolute Gasteiger partial charge is 0.396 e. The highest BCUT2D eigenvalue weighted by molar-refractivity contribution is 5.76. The van der Waals surface area contributed by atoms with Crippen molar-refractivity contribution in [1.82, 2.24) is 4.90 Å². The van der Waals surface area contributed by atoms with Gasteiger partial charge in [-0.15, -0.1) is 0 Å². The van der Waals surface area contributed by atoms with Crippen LogP contribution in [-0.4, -0.2) is 35.1 Å². The van der Waals surface area contributed by atoms with Gasteiger partial charge in [-0.1, -0.05) is 30.3 Å². The molecule has 1 heterocycles. The normalized spacial score (nSPS) is 19.2. The first kappa shape index (κ1) is 13.1. The van der Waals surface area contributed by atoms with Crippen LogP contribution in [0.15, 0.2) is 30.3 Å². The summed E-state index contributed by atoms with van der Waals surface area (Å²) in [4.78, 5) is 14.0. The average molecular weight is 247 g/mol. The maximum Gasteiger partial charge on any atom is 0.222 e. The molecule has 1 aliphatic heterocycles. The first-order valence-electron chi connectivity index (χ1n) is 6.75. The smallest absolute Gasteiger partial charge is 0.222 e. The topological polar surface area (TPSA) is 40.5 Å². The molecule has 2 rings (SSSR count). The van der Waals surface area contributed by atoms with Crippen LogP contribution < -0.4 is 0 Å². The van der Waals surface area contributed by atoms with Crippen molar-refractivity contribution in [3.05, 3.63) is 35.9 Å². The van der Waals surface area contributed by atoms with Crippen LogP contribution >= 0.6 is 0 Å². The number of aliphatic hydroxyl groups is 1. The lowest BCUT2D eigenvalue weighted by Gasteiger charge is -2.25. The third kappa shape index (κ3) is 3.33. The Labute approximate surface area is 108 Å². The van der Waals surface area contributed by atoms with Gasteiger partial charge in [0.1, 0.15) is 0 Å².